The Balaban J connectivity index is 0.930. The summed E-state index contributed by atoms with van der Waals surface area (Å²) >= 11 is 0. The van der Waals surface area contributed by atoms with Gasteiger partial charge in [0.1, 0.15) is 24.0 Å². The molecule has 0 saturated carbocycles. The second-order valence-corrected chi connectivity index (χ2v) is 32.6. The van der Waals surface area contributed by atoms with Gasteiger partial charge in [-0.15, -0.1) is 0 Å². The first kappa shape index (κ1) is 50.8. The van der Waals surface area contributed by atoms with Crippen LogP contribution in [0.5, 0.6) is 11.5 Å². The molecule has 0 amide bonds. The zero-order valence-electron chi connectivity index (χ0n) is 69.1. The summed E-state index contributed by atoms with van der Waals surface area (Å²) in [5.41, 5.74) is 15.0. The third-order valence-electron chi connectivity index (χ3n) is 20.9. The van der Waals surface area contributed by atoms with Crippen molar-refractivity contribution in [3.8, 4) is 61.8 Å². The van der Waals surface area contributed by atoms with Gasteiger partial charge < -0.3 is 14.5 Å². The zero-order chi connectivity index (χ0) is 75.9. The molecule has 0 atom stereocenters. The molecule has 0 saturated heterocycles. The first-order valence-electron chi connectivity index (χ1n) is 39.1. The van der Waals surface area contributed by atoms with Crippen LogP contribution in [-0.2, 0) is 37.9 Å². The molecule has 0 bridgehead atoms. The predicted octanol–water partition coefficient (Wildman–Crippen LogP) is 24.8. The summed E-state index contributed by atoms with van der Waals surface area (Å²) in [6, 6.07) is 43.9. The SMILES string of the molecule is [2H]c1c([2H])c(-c2cc(C(C)(C)C)cc(-c3cc(C(C)(C)C)cc(C(C)(C)C)c3)c2N2CN(c3cccc(Oc4ccc5c6c([2H])c([2H])c([2H])c([2H])c6n(-c6cc(C([2H])([2H])[2H])c(-c7c8c(cc9c7C(C)(C)CCC9(C)C)C(C)(C)CCC8(C)C)cn6)c5c4)c3)c3ccccc32)c([2H])c([2H])c1-c1ccccc1. The molecule has 0 unspecified atom stereocenters. The van der Waals surface area contributed by atoms with Crippen LogP contribution in [0.4, 0.5) is 22.7 Å². The Morgan fingerprint density at radius 1 is 0.457 bits per heavy atom. The number of pyridine rings is 1. The quantitative estimate of drug-likeness (QED) is 0.144. The Hall–Kier alpha value is -8.67. The van der Waals surface area contributed by atoms with Gasteiger partial charge in [-0.25, -0.2) is 4.98 Å². The number of para-hydroxylation sites is 3. The lowest BCUT2D eigenvalue weighted by atomic mass is 9.55. The largest absolute Gasteiger partial charge is 0.457 e. The van der Waals surface area contributed by atoms with E-state index in [9.17, 15) is 12.3 Å². The highest BCUT2D eigenvalue weighted by molar-refractivity contribution is 6.09. The highest BCUT2D eigenvalue weighted by atomic mass is 16.5. The molecular formula is C89H96N4O. The molecule has 3 aliphatic rings. The summed E-state index contributed by atoms with van der Waals surface area (Å²) < 4.78 is 114. The van der Waals surface area contributed by atoms with Crippen molar-refractivity contribution >= 4 is 44.6 Å². The number of ether oxygens (including phenoxy) is 1. The lowest BCUT2D eigenvalue weighted by Gasteiger charge is -2.49. The molecule has 0 fully saturated rings. The Morgan fingerprint density at radius 3 is 1.63 bits per heavy atom. The topological polar surface area (TPSA) is 33.5 Å². The summed E-state index contributed by atoms with van der Waals surface area (Å²) in [5, 5.41) is 0.766. The van der Waals surface area contributed by atoms with Crippen molar-refractivity contribution < 1.29 is 19.8 Å². The van der Waals surface area contributed by atoms with Crippen LogP contribution in [0.3, 0.4) is 0 Å². The third kappa shape index (κ3) is 10.9. The second kappa shape index (κ2) is 22.2. The van der Waals surface area contributed by atoms with Crippen molar-refractivity contribution in [2.45, 2.75) is 188 Å². The Kier molecular flexibility index (Phi) is 12.0. The first-order chi connectivity index (χ1) is 48.9. The zero-order valence-corrected chi connectivity index (χ0v) is 58.1. The molecule has 5 heteroatoms. The average Bonchev–Trinajstić information content (AvgIpc) is 1.11. The van der Waals surface area contributed by atoms with Crippen molar-refractivity contribution in [3.63, 3.8) is 0 Å². The van der Waals surface area contributed by atoms with Crippen molar-refractivity contribution in [1.29, 1.82) is 0 Å². The Morgan fingerprint density at radius 2 is 1.01 bits per heavy atom. The van der Waals surface area contributed by atoms with Gasteiger partial charge in [-0.05, 0) is 203 Å². The summed E-state index contributed by atoms with van der Waals surface area (Å²) in [5.74, 6) is 1.04. The highest BCUT2D eigenvalue weighted by Crippen LogP contribution is 2.59. The predicted molar refractivity (Wildman–Crippen MR) is 400 cm³/mol. The number of benzene rings is 9. The van der Waals surface area contributed by atoms with Crippen molar-refractivity contribution in [3.05, 3.63) is 239 Å². The van der Waals surface area contributed by atoms with Crippen molar-refractivity contribution in [2.24, 2.45) is 0 Å². The van der Waals surface area contributed by atoms with Gasteiger partial charge in [-0.2, -0.15) is 0 Å². The molecule has 1 aliphatic heterocycles. The molecule has 3 heterocycles. The van der Waals surface area contributed by atoms with Gasteiger partial charge in [0, 0.05) is 55.6 Å². The lowest BCUT2D eigenvalue weighted by molar-refractivity contribution is 0.314. The first-order valence-corrected chi connectivity index (χ1v) is 33.6. The van der Waals surface area contributed by atoms with Crippen LogP contribution in [0.25, 0.3) is 72.1 Å². The molecule has 0 radical (unpaired) electrons. The summed E-state index contributed by atoms with van der Waals surface area (Å²) in [6.07, 6.45) is 5.49. The minimum absolute atomic E-state index is 0.103. The number of fused-ring (bicyclic) bond motifs is 6. The molecule has 2 aliphatic carbocycles. The van der Waals surface area contributed by atoms with Crippen LogP contribution in [0, 0.1) is 6.85 Å². The number of anilines is 4. The van der Waals surface area contributed by atoms with Gasteiger partial charge in [0.25, 0.3) is 0 Å². The fourth-order valence-corrected chi connectivity index (χ4v) is 15.1. The molecule has 0 spiro atoms. The van der Waals surface area contributed by atoms with E-state index in [2.05, 4.69) is 176 Å². The molecule has 0 N–H and O–H groups in total. The van der Waals surface area contributed by atoms with E-state index in [1.165, 1.54) is 11.1 Å². The number of rotatable bonds is 9. The standard InChI is InChI=1S/C89H96N4O/c1-56-45-78(90-54-71(56)79-80-72(86(11,12)41-43-88(80,15)16)53-73-81(79)89(17,18)44-42-87(73,13)14)93-74-32-23-22-31-67(74)68-40-39-66(52-77(68)93)94-65-30-26-29-64(51-65)91-55-92(76-34-25-24-33-75(76)91)82-69(59-37-35-58(36-38-59)57-27-20-19-21-28-57)49-63(85(8,9)10)50-70(82)60-46-61(83(2,3)4)48-62(47-60)84(5,6)7/h19-40,45-54H,41-44,55H2,1-18H3/i1D3,22D,23D,31D,32D,35D,36D,37D,38D. The molecule has 9 aromatic carbocycles. The van der Waals surface area contributed by atoms with Crippen molar-refractivity contribution in [2.75, 3.05) is 16.5 Å². The molecule has 11 aromatic rings. The van der Waals surface area contributed by atoms with Crippen molar-refractivity contribution in [1.82, 2.24) is 9.55 Å². The molecular weight excluding hydrogens is 1140 g/mol. The van der Waals surface area contributed by atoms with E-state index in [1.54, 1.807) is 35.0 Å². The number of aryl methyl sites for hydroxylation is 1. The minimum Gasteiger partial charge on any atom is -0.457 e. The van der Waals surface area contributed by atoms with E-state index >= 15 is 0 Å². The fraction of sp³-hybridized carbons (Fsp3) is 0.337. The molecule has 5 nitrogen and oxygen atoms in total. The lowest BCUT2D eigenvalue weighted by Crippen LogP contribution is -2.40. The second-order valence-electron chi connectivity index (χ2n) is 32.6. The third-order valence-corrected chi connectivity index (χ3v) is 20.9. The summed E-state index contributed by atoms with van der Waals surface area (Å²) in [4.78, 5) is 9.73. The van der Waals surface area contributed by atoms with Crippen LogP contribution in [-0.4, -0.2) is 16.2 Å². The van der Waals surface area contributed by atoms with E-state index in [0.29, 0.717) is 39.1 Å². The van der Waals surface area contributed by atoms with Crippen LogP contribution in [0.2, 0.25) is 0 Å². The van der Waals surface area contributed by atoms with Gasteiger partial charge in [0.15, 0.2) is 0 Å². The van der Waals surface area contributed by atoms with Crippen LogP contribution in [0.15, 0.2) is 194 Å². The fourth-order valence-electron chi connectivity index (χ4n) is 15.1. The monoisotopic (exact) mass is 1250 g/mol. The molecule has 2 aromatic heterocycles. The number of nitrogens with zero attached hydrogens (tertiary/aromatic N) is 4. The smallest absolute Gasteiger partial charge is 0.137 e. The Bertz CT molecular complexity index is 5310. The van der Waals surface area contributed by atoms with Gasteiger partial charge in [0.2, 0.25) is 0 Å². The van der Waals surface area contributed by atoms with E-state index in [1.807, 2.05) is 66.7 Å². The molecule has 478 valence electrons. The summed E-state index contributed by atoms with van der Waals surface area (Å²) in [7, 11) is 0. The van der Waals surface area contributed by atoms with E-state index in [0.717, 1.165) is 92.9 Å². The molecule has 14 rings (SSSR count). The van der Waals surface area contributed by atoms with Crippen LogP contribution in [0.1, 0.15) is 203 Å². The van der Waals surface area contributed by atoms with E-state index in [-0.39, 0.29) is 109 Å². The number of hydrogen-bond acceptors (Lipinski definition) is 4. The Labute approximate surface area is 576 Å². The maximum atomic E-state index is 10.0. The maximum Gasteiger partial charge on any atom is 0.137 e. The minimum atomic E-state index is -2.66. The van der Waals surface area contributed by atoms with Gasteiger partial charge in [0.05, 0.1) is 39.1 Å². The normalized spacial score (nSPS) is 18.3. The van der Waals surface area contributed by atoms with E-state index in [4.69, 9.17) is 12.5 Å². The van der Waals surface area contributed by atoms with Crippen LogP contribution < -0.4 is 14.5 Å². The number of aromatic nitrogens is 2. The molecule has 94 heavy (non-hydrogen) atoms. The van der Waals surface area contributed by atoms with Gasteiger partial charge in [-0.1, -0.05) is 233 Å². The maximum absolute atomic E-state index is 10.0. The van der Waals surface area contributed by atoms with Crippen LogP contribution >= 0.6 is 0 Å². The summed E-state index contributed by atoms with van der Waals surface area (Å²) in [6.45, 7) is 35.8. The van der Waals surface area contributed by atoms with E-state index < -0.39 is 24.4 Å². The average molecular weight is 1250 g/mol. The van der Waals surface area contributed by atoms with Gasteiger partial charge in [-0.3, -0.25) is 4.57 Å². The highest BCUT2D eigenvalue weighted by Gasteiger charge is 2.47. The number of hydrogen-bond donors (Lipinski definition) is 0. The van der Waals surface area contributed by atoms with Gasteiger partial charge >= 0.3 is 0 Å².